The molecule has 0 N–H and O–H groups in total. The quantitative estimate of drug-likeness (QED) is 0.793. The Morgan fingerprint density at radius 2 is 1.96 bits per heavy atom. The van der Waals surface area contributed by atoms with Gasteiger partial charge < -0.3 is 14.5 Å². The first kappa shape index (κ1) is 15.5. The van der Waals surface area contributed by atoms with Gasteiger partial charge in [0.1, 0.15) is 6.61 Å². The molecule has 0 spiro atoms. The summed E-state index contributed by atoms with van der Waals surface area (Å²) in [5.74, 6) is 0.738. The number of hydrogen-bond donors (Lipinski definition) is 0. The van der Waals surface area contributed by atoms with Gasteiger partial charge in [0, 0.05) is 18.7 Å². The average Bonchev–Trinajstić information content (AvgIpc) is 3.16. The number of benzene rings is 2. The number of ether oxygens (including phenoxy) is 1. The lowest BCUT2D eigenvalue weighted by molar-refractivity contribution is -0.122. The summed E-state index contributed by atoms with van der Waals surface area (Å²) in [7, 11) is 0. The molecule has 0 saturated carbocycles. The molecule has 2 heterocycles. The van der Waals surface area contributed by atoms with Crippen molar-refractivity contribution in [3.63, 3.8) is 0 Å². The summed E-state index contributed by atoms with van der Waals surface area (Å²) in [6.07, 6.45) is 2.87. The minimum Gasteiger partial charge on any atom is -0.489 e. The lowest BCUT2D eigenvalue weighted by atomic mass is 10.0. The fourth-order valence-corrected chi connectivity index (χ4v) is 3.60. The van der Waals surface area contributed by atoms with Gasteiger partial charge in [-0.05, 0) is 18.1 Å². The molecule has 5 heteroatoms. The maximum Gasteiger partial charge on any atom is 0.232 e. The number of fused-ring (bicyclic) bond motifs is 1. The van der Waals surface area contributed by atoms with Crippen LogP contribution < -0.4 is 9.64 Å². The van der Waals surface area contributed by atoms with Crippen molar-refractivity contribution in [3.8, 4) is 23.1 Å². The second-order valence-electron chi connectivity index (χ2n) is 6.39. The Balaban J connectivity index is 1.67. The standard InChI is InChI=1S/C20H19N3O2/c21-14-22-10-9-16(13-22)20(24)23-11-12-25-19-17(7-4-8-18(19)23)15-5-2-1-3-6-15/h1-8,16H,9-13H2/t16-/m1/s1. The largest absolute Gasteiger partial charge is 0.489 e. The van der Waals surface area contributed by atoms with Gasteiger partial charge >= 0.3 is 0 Å². The van der Waals surface area contributed by atoms with E-state index < -0.39 is 0 Å². The van der Waals surface area contributed by atoms with Crippen LogP contribution in [0.1, 0.15) is 6.42 Å². The third-order valence-corrected chi connectivity index (χ3v) is 4.88. The molecule has 0 aliphatic carbocycles. The first-order valence-corrected chi connectivity index (χ1v) is 8.55. The number of carbonyl (C=O) groups excluding carboxylic acids is 1. The van der Waals surface area contributed by atoms with Crippen LogP contribution in [0.4, 0.5) is 5.69 Å². The van der Waals surface area contributed by atoms with Gasteiger partial charge in [0.05, 0.1) is 18.2 Å². The molecule has 2 aliphatic rings. The molecule has 1 atom stereocenters. The Kier molecular flexibility index (Phi) is 4.02. The molecular formula is C20H19N3O2. The van der Waals surface area contributed by atoms with Crippen molar-refractivity contribution >= 4 is 11.6 Å². The van der Waals surface area contributed by atoms with Crippen LogP contribution in [-0.4, -0.2) is 37.0 Å². The molecule has 1 saturated heterocycles. The van der Waals surface area contributed by atoms with Crippen LogP contribution in [0.5, 0.6) is 5.75 Å². The predicted molar refractivity (Wildman–Crippen MR) is 95.0 cm³/mol. The second kappa shape index (κ2) is 6.48. The van der Waals surface area contributed by atoms with Gasteiger partial charge in [-0.1, -0.05) is 42.5 Å². The van der Waals surface area contributed by atoms with Crippen LogP contribution in [0.15, 0.2) is 48.5 Å². The van der Waals surface area contributed by atoms with E-state index in [1.165, 1.54) is 0 Å². The van der Waals surface area contributed by atoms with E-state index in [1.54, 1.807) is 4.90 Å². The molecule has 25 heavy (non-hydrogen) atoms. The summed E-state index contributed by atoms with van der Waals surface area (Å²) in [5, 5.41) is 9.03. The molecule has 0 aromatic heterocycles. The summed E-state index contributed by atoms with van der Waals surface area (Å²) in [5.41, 5.74) is 2.90. The van der Waals surface area contributed by atoms with Gasteiger partial charge in [0.25, 0.3) is 0 Å². The van der Waals surface area contributed by atoms with Gasteiger partial charge in [-0.3, -0.25) is 4.79 Å². The van der Waals surface area contributed by atoms with Crippen LogP contribution in [0.2, 0.25) is 0 Å². The Bertz CT molecular complexity index is 829. The highest BCUT2D eigenvalue weighted by Crippen LogP contribution is 2.41. The third-order valence-electron chi connectivity index (χ3n) is 4.88. The van der Waals surface area contributed by atoms with Crippen molar-refractivity contribution in [2.24, 2.45) is 5.92 Å². The molecule has 1 fully saturated rings. The minimum atomic E-state index is -0.119. The molecule has 0 unspecified atom stereocenters. The molecule has 126 valence electrons. The highest BCUT2D eigenvalue weighted by Gasteiger charge is 2.34. The molecule has 0 radical (unpaired) electrons. The molecule has 0 bridgehead atoms. The Labute approximate surface area is 147 Å². The first-order valence-electron chi connectivity index (χ1n) is 8.55. The number of para-hydroxylation sites is 1. The number of hydrogen-bond acceptors (Lipinski definition) is 4. The summed E-state index contributed by atoms with van der Waals surface area (Å²) in [6, 6.07) is 16.0. The van der Waals surface area contributed by atoms with E-state index in [9.17, 15) is 4.79 Å². The zero-order valence-corrected chi connectivity index (χ0v) is 13.9. The summed E-state index contributed by atoms with van der Waals surface area (Å²) >= 11 is 0. The van der Waals surface area contributed by atoms with Crippen molar-refractivity contribution in [1.29, 1.82) is 5.26 Å². The van der Waals surface area contributed by atoms with Gasteiger partial charge in [-0.25, -0.2) is 0 Å². The van der Waals surface area contributed by atoms with E-state index in [0.29, 0.717) is 26.2 Å². The van der Waals surface area contributed by atoms with E-state index in [2.05, 4.69) is 6.19 Å². The normalized spacial score (nSPS) is 19.1. The smallest absolute Gasteiger partial charge is 0.232 e. The molecule has 2 aliphatic heterocycles. The number of rotatable bonds is 2. The summed E-state index contributed by atoms with van der Waals surface area (Å²) in [4.78, 5) is 16.5. The van der Waals surface area contributed by atoms with Crippen molar-refractivity contribution < 1.29 is 9.53 Å². The Hall–Kier alpha value is -3.00. The number of amides is 1. The summed E-state index contributed by atoms with van der Waals surface area (Å²) in [6.45, 7) is 2.21. The fraction of sp³-hybridized carbons (Fsp3) is 0.300. The second-order valence-corrected chi connectivity index (χ2v) is 6.39. The van der Waals surface area contributed by atoms with Crippen molar-refractivity contribution in [1.82, 2.24) is 4.90 Å². The van der Waals surface area contributed by atoms with Gasteiger partial charge in [0.2, 0.25) is 5.91 Å². The Morgan fingerprint density at radius 1 is 1.12 bits per heavy atom. The monoisotopic (exact) mass is 333 g/mol. The summed E-state index contributed by atoms with van der Waals surface area (Å²) < 4.78 is 5.94. The van der Waals surface area contributed by atoms with Crippen molar-refractivity contribution in [3.05, 3.63) is 48.5 Å². The van der Waals surface area contributed by atoms with Gasteiger partial charge in [0.15, 0.2) is 11.9 Å². The maximum atomic E-state index is 13.0. The fourth-order valence-electron chi connectivity index (χ4n) is 3.60. The average molecular weight is 333 g/mol. The van der Waals surface area contributed by atoms with Crippen LogP contribution in [0.25, 0.3) is 11.1 Å². The third kappa shape index (κ3) is 2.80. The number of nitrogens with zero attached hydrogens (tertiary/aromatic N) is 3. The molecule has 1 amide bonds. The van der Waals surface area contributed by atoms with Crippen LogP contribution >= 0.6 is 0 Å². The van der Waals surface area contributed by atoms with Crippen LogP contribution in [0.3, 0.4) is 0 Å². The zero-order chi connectivity index (χ0) is 17.2. The van der Waals surface area contributed by atoms with E-state index in [4.69, 9.17) is 10.00 Å². The van der Waals surface area contributed by atoms with Gasteiger partial charge in [-0.2, -0.15) is 5.26 Å². The minimum absolute atomic E-state index is 0.0903. The highest BCUT2D eigenvalue weighted by molar-refractivity contribution is 5.98. The van der Waals surface area contributed by atoms with E-state index >= 15 is 0 Å². The highest BCUT2D eigenvalue weighted by atomic mass is 16.5. The van der Waals surface area contributed by atoms with Crippen molar-refractivity contribution in [2.75, 3.05) is 31.1 Å². The predicted octanol–water partition coefficient (Wildman–Crippen LogP) is 2.88. The lowest BCUT2D eigenvalue weighted by Crippen LogP contribution is -2.42. The van der Waals surface area contributed by atoms with Crippen molar-refractivity contribution in [2.45, 2.75) is 6.42 Å². The van der Waals surface area contributed by atoms with E-state index in [0.717, 1.165) is 29.0 Å². The first-order chi connectivity index (χ1) is 12.3. The maximum absolute atomic E-state index is 13.0. The van der Waals surface area contributed by atoms with E-state index in [1.807, 2.05) is 53.4 Å². The zero-order valence-electron chi connectivity index (χ0n) is 13.9. The molecule has 2 aromatic rings. The number of anilines is 1. The molecule has 2 aromatic carbocycles. The van der Waals surface area contributed by atoms with Crippen LogP contribution in [0, 0.1) is 17.4 Å². The van der Waals surface area contributed by atoms with E-state index in [-0.39, 0.29) is 11.8 Å². The van der Waals surface area contributed by atoms with Crippen LogP contribution in [-0.2, 0) is 4.79 Å². The topological polar surface area (TPSA) is 56.6 Å². The SMILES string of the molecule is N#CN1CC[C@@H](C(=O)N2CCOc3c(-c4ccccc4)cccc32)C1. The molecule has 5 nitrogen and oxygen atoms in total. The number of nitriles is 1. The lowest BCUT2D eigenvalue weighted by Gasteiger charge is -2.32. The van der Waals surface area contributed by atoms with Gasteiger partial charge in [-0.15, -0.1) is 0 Å². The molecule has 4 rings (SSSR count). The Morgan fingerprint density at radius 3 is 2.72 bits per heavy atom. The molecular weight excluding hydrogens is 314 g/mol. The number of carbonyl (C=O) groups is 1. The number of likely N-dealkylation sites (tertiary alicyclic amines) is 1.